The van der Waals surface area contributed by atoms with Gasteiger partial charge in [-0.05, 0) is 43.3 Å². The molecular weight excluding hydrogens is 288 g/mol. The number of rotatable bonds is 5. The largest absolute Gasteiger partial charge is 0.494 e. The zero-order valence-electron chi connectivity index (χ0n) is 11.4. The maximum absolute atomic E-state index is 12.3. The second-order valence-corrected chi connectivity index (χ2v) is 5.85. The molecule has 1 N–H and O–H groups in total. The van der Waals surface area contributed by atoms with Gasteiger partial charge in [0.15, 0.2) is 0 Å². The first-order chi connectivity index (χ1) is 10.1. The lowest BCUT2D eigenvalue weighted by Gasteiger charge is -2.10. The van der Waals surface area contributed by atoms with Gasteiger partial charge in [0.1, 0.15) is 11.8 Å². The van der Waals surface area contributed by atoms with Crippen LogP contribution < -0.4 is 9.46 Å². The Morgan fingerprint density at radius 2 is 1.81 bits per heavy atom. The first-order valence-corrected chi connectivity index (χ1v) is 7.80. The van der Waals surface area contributed by atoms with Gasteiger partial charge in [0.05, 0.1) is 22.8 Å². The van der Waals surface area contributed by atoms with Crippen molar-refractivity contribution in [3.63, 3.8) is 0 Å². The third-order valence-corrected chi connectivity index (χ3v) is 4.12. The lowest BCUT2D eigenvalue weighted by molar-refractivity contribution is 0.340. The summed E-state index contributed by atoms with van der Waals surface area (Å²) >= 11 is 0. The number of benzene rings is 2. The molecule has 0 radical (unpaired) electrons. The van der Waals surface area contributed by atoms with E-state index in [1.807, 2.05) is 13.0 Å². The van der Waals surface area contributed by atoms with Gasteiger partial charge in [-0.2, -0.15) is 5.26 Å². The molecule has 0 amide bonds. The van der Waals surface area contributed by atoms with Crippen molar-refractivity contribution < 1.29 is 13.2 Å². The molecule has 0 fully saturated rings. The summed E-state index contributed by atoms with van der Waals surface area (Å²) in [5, 5.41) is 8.98. The summed E-state index contributed by atoms with van der Waals surface area (Å²) in [7, 11) is -3.73. The number of hydrogen-bond donors (Lipinski definition) is 1. The molecule has 0 bridgehead atoms. The Labute approximate surface area is 123 Å². The molecule has 0 aliphatic carbocycles. The van der Waals surface area contributed by atoms with Crippen LogP contribution in [0.15, 0.2) is 53.4 Å². The predicted molar refractivity (Wildman–Crippen MR) is 79.6 cm³/mol. The number of ether oxygens (including phenoxy) is 1. The highest BCUT2D eigenvalue weighted by Gasteiger charge is 2.15. The van der Waals surface area contributed by atoms with Gasteiger partial charge in [-0.25, -0.2) is 8.42 Å². The second kappa shape index (κ2) is 6.29. The fraction of sp³-hybridized carbons (Fsp3) is 0.133. The predicted octanol–water partition coefficient (Wildman–Crippen LogP) is 2.76. The fourth-order valence-electron chi connectivity index (χ4n) is 1.75. The third kappa shape index (κ3) is 3.52. The van der Waals surface area contributed by atoms with Gasteiger partial charge in [-0.15, -0.1) is 0 Å². The smallest absolute Gasteiger partial charge is 0.261 e. The van der Waals surface area contributed by atoms with Crippen LogP contribution in [0.25, 0.3) is 0 Å². The molecule has 0 unspecified atom stereocenters. The van der Waals surface area contributed by atoms with E-state index in [2.05, 4.69) is 4.72 Å². The van der Waals surface area contributed by atoms with E-state index < -0.39 is 10.0 Å². The van der Waals surface area contributed by atoms with Crippen molar-refractivity contribution in [3.05, 3.63) is 54.1 Å². The van der Waals surface area contributed by atoms with Gasteiger partial charge >= 0.3 is 0 Å². The number of nitrogens with zero attached hydrogens (tertiary/aromatic N) is 1. The molecule has 2 aromatic rings. The van der Waals surface area contributed by atoms with Gasteiger partial charge in [-0.1, -0.05) is 12.1 Å². The molecule has 108 valence electrons. The van der Waals surface area contributed by atoms with Gasteiger partial charge in [0, 0.05) is 0 Å². The first kappa shape index (κ1) is 14.9. The van der Waals surface area contributed by atoms with E-state index in [9.17, 15) is 8.42 Å². The Bertz CT molecular complexity index is 762. The highest BCUT2D eigenvalue weighted by molar-refractivity contribution is 7.92. The average molecular weight is 302 g/mol. The van der Waals surface area contributed by atoms with Gasteiger partial charge in [0.25, 0.3) is 10.0 Å². The highest BCUT2D eigenvalue weighted by atomic mass is 32.2. The molecule has 0 aliphatic heterocycles. The summed E-state index contributed by atoms with van der Waals surface area (Å²) in [6.07, 6.45) is 0. The number of nitrogens with one attached hydrogen (secondary N) is 1. The SMILES string of the molecule is CCOc1ccc(S(=O)(=O)Nc2ccccc2C#N)cc1. The molecule has 0 saturated carbocycles. The molecule has 0 heterocycles. The van der Waals surface area contributed by atoms with Crippen LogP contribution in [0.1, 0.15) is 12.5 Å². The zero-order chi connectivity index (χ0) is 15.3. The number of sulfonamides is 1. The molecule has 0 saturated heterocycles. The van der Waals surface area contributed by atoms with E-state index in [4.69, 9.17) is 10.00 Å². The van der Waals surface area contributed by atoms with Crippen molar-refractivity contribution in [3.8, 4) is 11.8 Å². The summed E-state index contributed by atoms with van der Waals surface area (Å²) in [6, 6.07) is 14.5. The average Bonchev–Trinajstić information content (AvgIpc) is 2.48. The van der Waals surface area contributed by atoms with Crippen LogP contribution >= 0.6 is 0 Å². The zero-order valence-corrected chi connectivity index (χ0v) is 12.2. The third-order valence-electron chi connectivity index (χ3n) is 2.74. The van der Waals surface area contributed by atoms with Gasteiger partial charge < -0.3 is 4.74 Å². The van der Waals surface area contributed by atoms with Crippen LogP contribution in [0, 0.1) is 11.3 Å². The van der Waals surface area contributed by atoms with E-state index in [1.165, 1.54) is 12.1 Å². The lowest BCUT2D eigenvalue weighted by atomic mass is 10.2. The first-order valence-electron chi connectivity index (χ1n) is 6.31. The second-order valence-electron chi connectivity index (χ2n) is 4.17. The molecule has 0 aromatic heterocycles. The summed E-state index contributed by atoms with van der Waals surface area (Å²) in [5.41, 5.74) is 0.529. The Balaban J connectivity index is 2.28. The maximum atomic E-state index is 12.3. The standard InChI is InChI=1S/C15H14N2O3S/c1-2-20-13-7-9-14(10-8-13)21(18,19)17-15-6-4-3-5-12(15)11-16/h3-10,17H,2H2,1H3. The summed E-state index contributed by atoms with van der Waals surface area (Å²) in [4.78, 5) is 0.110. The summed E-state index contributed by atoms with van der Waals surface area (Å²) in [5.74, 6) is 0.605. The maximum Gasteiger partial charge on any atom is 0.261 e. The minimum Gasteiger partial charge on any atom is -0.494 e. The summed E-state index contributed by atoms with van der Waals surface area (Å²) in [6.45, 7) is 2.37. The lowest BCUT2D eigenvalue weighted by Crippen LogP contribution is -2.13. The normalized spacial score (nSPS) is 10.7. The number of hydrogen-bond acceptors (Lipinski definition) is 4. The van der Waals surface area contributed by atoms with E-state index in [0.29, 0.717) is 12.4 Å². The molecule has 2 aromatic carbocycles. The van der Waals surface area contributed by atoms with Crippen molar-refractivity contribution in [1.29, 1.82) is 5.26 Å². The van der Waals surface area contributed by atoms with Crippen LogP contribution in [0.4, 0.5) is 5.69 Å². The Kier molecular flexibility index (Phi) is 4.45. The molecule has 0 atom stereocenters. The van der Waals surface area contributed by atoms with Crippen molar-refractivity contribution in [2.45, 2.75) is 11.8 Å². The van der Waals surface area contributed by atoms with Crippen LogP contribution in [0.5, 0.6) is 5.75 Å². The molecular formula is C15H14N2O3S. The Hall–Kier alpha value is -2.52. The van der Waals surface area contributed by atoms with Crippen molar-refractivity contribution in [2.24, 2.45) is 0 Å². The molecule has 5 nitrogen and oxygen atoms in total. The van der Waals surface area contributed by atoms with Crippen molar-refractivity contribution >= 4 is 15.7 Å². The quantitative estimate of drug-likeness (QED) is 0.921. The molecule has 2 rings (SSSR count). The minimum absolute atomic E-state index is 0.110. The topological polar surface area (TPSA) is 79.2 Å². The molecule has 6 heteroatoms. The number of nitriles is 1. The van der Waals surface area contributed by atoms with E-state index >= 15 is 0 Å². The van der Waals surface area contributed by atoms with E-state index in [-0.39, 0.29) is 16.1 Å². The Morgan fingerprint density at radius 3 is 2.43 bits per heavy atom. The number of para-hydroxylation sites is 1. The van der Waals surface area contributed by atoms with E-state index in [0.717, 1.165) is 0 Å². The monoisotopic (exact) mass is 302 g/mol. The Morgan fingerprint density at radius 1 is 1.14 bits per heavy atom. The van der Waals surface area contributed by atoms with Crippen molar-refractivity contribution in [1.82, 2.24) is 0 Å². The summed E-state index contributed by atoms with van der Waals surface area (Å²) < 4.78 is 32.2. The number of anilines is 1. The molecule has 21 heavy (non-hydrogen) atoms. The van der Waals surface area contributed by atoms with Gasteiger partial charge in [0.2, 0.25) is 0 Å². The molecule has 0 aliphatic rings. The molecule has 0 spiro atoms. The van der Waals surface area contributed by atoms with Crippen LogP contribution in [0.2, 0.25) is 0 Å². The van der Waals surface area contributed by atoms with E-state index in [1.54, 1.807) is 36.4 Å². The highest BCUT2D eigenvalue weighted by Crippen LogP contribution is 2.21. The van der Waals surface area contributed by atoms with Crippen molar-refractivity contribution in [2.75, 3.05) is 11.3 Å². The van der Waals surface area contributed by atoms with Gasteiger partial charge in [-0.3, -0.25) is 4.72 Å². The van der Waals surface area contributed by atoms with Crippen LogP contribution in [0.3, 0.4) is 0 Å². The van der Waals surface area contributed by atoms with Crippen LogP contribution in [-0.2, 0) is 10.0 Å². The fourth-order valence-corrected chi connectivity index (χ4v) is 2.83. The van der Waals surface area contributed by atoms with Crippen LogP contribution in [-0.4, -0.2) is 15.0 Å². The minimum atomic E-state index is -3.73.